The zero-order valence-electron chi connectivity index (χ0n) is 18.1. The van der Waals surface area contributed by atoms with E-state index < -0.39 is 6.09 Å². The van der Waals surface area contributed by atoms with Crippen LogP contribution in [-0.4, -0.2) is 36.9 Å². The maximum absolute atomic E-state index is 12.2. The van der Waals surface area contributed by atoms with Gasteiger partial charge < -0.3 is 9.47 Å². The van der Waals surface area contributed by atoms with Crippen LogP contribution in [0.15, 0.2) is 106 Å². The molecule has 1 amide bonds. The fourth-order valence-electron chi connectivity index (χ4n) is 2.82. The SMILES string of the molecule is CCOC(=O)/N=C(\N=C(N=C(OCC)c1ccccc1)c1ccccc1)c1ccccc1. The Labute approximate surface area is 188 Å². The first-order chi connectivity index (χ1) is 15.7. The van der Waals surface area contributed by atoms with Gasteiger partial charge in [0, 0.05) is 16.7 Å². The number of rotatable bonds is 5. The summed E-state index contributed by atoms with van der Waals surface area (Å²) in [7, 11) is 0. The van der Waals surface area contributed by atoms with Crippen LogP contribution in [0.1, 0.15) is 30.5 Å². The maximum atomic E-state index is 12.2. The van der Waals surface area contributed by atoms with Gasteiger partial charge in [-0.1, -0.05) is 78.9 Å². The number of ether oxygens (including phenoxy) is 2. The van der Waals surface area contributed by atoms with Crippen LogP contribution >= 0.6 is 0 Å². The standard InChI is InChI=1S/C26H25N3O3/c1-3-31-25(22-18-12-7-13-19-22)28-23(20-14-8-5-9-15-20)27-24(29-26(30)32-4-2)21-16-10-6-11-17-21/h5-19H,3-4H2,1-2H3/b27-23?,28-25?,29-24-. The van der Waals surface area contributed by atoms with Crippen LogP contribution in [0.4, 0.5) is 4.79 Å². The quantitative estimate of drug-likeness (QED) is 0.397. The Morgan fingerprint density at radius 1 is 0.594 bits per heavy atom. The molecule has 0 aliphatic carbocycles. The molecule has 6 heteroatoms. The number of carbonyl (C=O) groups excluding carboxylic acids is 1. The number of hydrogen-bond donors (Lipinski definition) is 0. The van der Waals surface area contributed by atoms with E-state index in [1.54, 1.807) is 6.92 Å². The Balaban J connectivity index is 2.18. The first-order valence-corrected chi connectivity index (χ1v) is 10.4. The van der Waals surface area contributed by atoms with E-state index in [1.165, 1.54) is 0 Å². The molecule has 3 aromatic rings. The molecule has 0 bridgehead atoms. The summed E-state index contributed by atoms with van der Waals surface area (Å²) < 4.78 is 10.8. The van der Waals surface area contributed by atoms with Gasteiger partial charge in [0.15, 0.2) is 11.7 Å². The molecule has 162 valence electrons. The van der Waals surface area contributed by atoms with E-state index in [1.807, 2.05) is 97.9 Å². The number of amidine groups is 2. The van der Waals surface area contributed by atoms with Crippen molar-refractivity contribution >= 4 is 23.7 Å². The molecule has 0 fully saturated rings. The van der Waals surface area contributed by atoms with Gasteiger partial charge in [-0.3, -0.25) is 0 Å². The van der Waals surface area contributed by atoms with Gasteiger partial charge in [0.2, 0.25) is 5.90 Å². The molecule has 0 radical (unpaired) electrons. The lowest BCUT2D eigenvalue weighted by Gasteiger charge is -2.10. The minimum absolute atomic E-state index is 0.204. The van der Waals surface area contributed by atoms with E-state index in [4.69, 9.17) is 14.5 Å². The average Bonchev–Trinajstić information content (AvgIpc) is 2.84. The van der Waals surface area contributed by atoms with Crippen LogP contribution < -0.4 is 0 Å². The number of amides is 1. The number of aliphatic imine (C=N–C) groups is 3. The summed E-state index contributed by atoms with van der Waals surface area (Å²) in [5.74, 6) is 1.000. The molecule has 0 aromatic heterocycles. The van der Waals surface area contributed by atoms with Crippen LogP contribution in [0.5, 0.6) is 0 Å². The van der Waals surface area contributed by atoms with Gasteiger partial charge in [-0.2, -0.15) is 9.98 Å². The zero-order chi connectivity index (χ0) is 22.6. The van der Waals surface area contributed by atoms with Crippen LogP contribution in [-0.2, 0) is 9.47 Å². The molecule has 0 saturated carbocycles. The van der Waals surface area contributed by atoms with E-state index in [2.05, 4.69) is 9.98 Å². The second-order valence-electron chi connectivity index (χ2n) is 6.52. The van der Waals surface area contributed by atoms with Crippen molar-refractivity contribution < 1.29 is 14.3 Å². The van der Waals surface area contributed by atoms with Crippen LogP contribution in [0.2, 0.25) is 0 Å². The van der Waals surface area contributed by atoms with E-state index >= 15 is 0 Å². The summed E-state index contributed by atoms with van der Waals surface area (Å²) >= 11 is 0. The molecule has 0 aliphatic rings. The third-order valence-electron chi connectivity index (χ3n) is 4.25. The van der Waals surface area contributed by atoms with Gasteiger partial charge in [0.05, 0.1) is 13.2 Å². The molecular formula is C26H25N3O3. The van der Waals surface area contributed by atoms with Gasteiger partial charge in [0.25, 0.3) is 0 Å². The highest BCUT2D eigenvalue weighted by Gasteiger charge is 2.13. The second-order valence-corrected chi connectivity index (χ2v) is 6.52. The Morgan fingerprint density at radius 2 is 1.03 bits per heavy atom. The third kappa shape index (κ3) is 6.47. The largest absolute Gasteiger partial charge is 0.477 e. The second kappa shape index (κ2) is 12.0. The van der Waals surface area contributed by atoms with E-state index in [0.29, 0.717) is 23.9 Å². The normalized spacial score (nSPS) is 12.4. The van der Waals surface area contributed by atoms with Crippen molar-refractivity contribution in [2.45, 2.75) is 13.8 Å². The highest BCUT2D eigenvalue weighted by Crippen LogP contribution is 2.11. The summed E-state index contributed by atoms with van der Waals surface area (Å²) in [5.41, 5.74) is 2.25. The van der Waals surface area contributed by atoms with Gasteiger partial charge in [-0.25, -0.2) is 9.79 Å². The van der Waals surface area contributed by atoms with Crippen LogP contribution in [0.25, 0.3) is 0 Å². The van der Waals surface area contributed by atoms with Crippen molar-refractivity contribution in [3.8, 4) is 0 Å². The lowest BCUT2D eigenvalue weighted by Crippen LogP contribution is -2.13. The molecule has 0 N–H and O–H groups in total. The smallest absolute Gasteiger partial charge is 0.435 e. The number of carbonyl (C=O) groups is 1. The fraction of sp³-hybridized carbons (Fsp3) is 0.154. The monoisotopic (exact) mass is 427 g/mol. The van der Waals surface area contributed by atoms with E-state index in [-0.39, 0.29) is 12.4 Å². The summed E-state index contributed by atoms with van der Waals surface area (Å²) in [6, 6.07) is 28.3. The number of nitrogens with zero attached hydrogens (tertiary/aromatic N) is 3. The van der Waals surface area contributed by atoms with Crippen molar-refractivity contribution in [3.05, 3.63) is 108 Å². The number of benzene rings is 3. The molecule has 0 unspecified atom stereocenters. The van der Waals surface area contributed by atoms with Gasteiger partial charge in [-0.05, 0) is 26.0 Å². The maximum Gasteiger partial charge on any atom is 0.435 e. The first kappa shape index (κ1) is 22.6. The van der Waals surface area contributed by atoms with Gasteiger partial charge in [0.1, 0.15) is 0 Å². The molecular weight excluding hydrogens is 402 g/mol. The zero-order valence-corrected chi connectivity index (χ0v) is 18.1. The molecule has 0 spiro atoms. The van der Waals surface area contributed by atoms with Crippen molar-refractivity contribution in [2.75, 3.05) is 13.2 Å². The highest BCUT2D eigenvalue weighted by atomic mass is 16.5. The summed E-state index contributed by atoms with van der Waals surface area (Å²) in [6.45, 7) is 4.29. The predicted octanol–water partition coefficient (Wildman–Crippen LogP) is 5.52. The van der Waals surface area contributed by atoms with Crippen molar-refractivity contribution in [1.29, 1.82) is 0 Å². The Kier molecular flexibility index (Phi) is 8.45. The first-order valence-electron chi connectivity index (χ1n) is 10.4. The number of hydrogen-bond acceptors (Lipinski definition) is 3. The molecule has 32 heavy (non-hydrogen) atoms. The highest BCUT2D eigenvalue weighted by molar-refractivity contribution is 6.17. The third-order valence-corrected chi connectivity index (χ3v) is 4.25. The minimum atomic E-state index is -0.709. The van der Waals surface area contributed by atoms with Crippen molar-refractivity contribution in [2.24, 2.45) is 15.0 Å². The predicted molar refractivity (Wildman–Crippen MR) is 128 cm³/mol. The summed E-state index contributed by atoms with van der Waals surface area (Å²) in [5, 5.41) is 0. The van der Waals surface area contributed by atoms with Crippen LogP contribution in [0.3, 0.4) is 0 Å². The molecule has 0 aliphatic heterocycles. The molecule has 0 saturated heterocycles. The van der Waals surface area contributed by atoms with Crippen LogP contribution in [0, 0.1) is 0 Å². The van der Waals surface area contributed by atoms with Crippen molar-refractivity contribution in [3.63, 3.8) is 0 Å². The topological polar surface area (TPSA) is 72.6 Å². The fourth-order valence-corrected chi connectivity index (χ4v) is 2.82. The lowest BCUT2D eigenvalue weighted by molar-refractivity contribution is 0.163. The van der Waals surface area contributed by atoms with Gasteiger partial charge >= 0.3 is 6.09 Å². The minimum Gasteiger partial charge on any atom is -0.477 e. The van der Waals surface area contributed by atoms with E-state index in [0.717, 1.165) is 11.1 Å². The molecule has 0 heterocycles. The molecule has 3 rings (SSSR count). The molecule has 3 aromatic carbocycles. The summed E-state index contributed by atoms with van der Waals surface area (Å²) in [6.07, 6.45) is -0.709. The molecule has 0 atom stereocenters. The Morgan fingerprint density at radius 3 is 1.50 bits per heavy atom. The van der Waals surface area contributed by atoms with Gasteiger partial charge in [-0.15, -0.1) is 0 Å². The lowest BCUT2D eigenvalue weighted by atomic mass is 10.2. The molecule has 6 nitrogen and oxygen atoms in total. The van der Waals surface area contributed by atoms with E-state index in [9.17, 15) is 4.79 Å². The average molecular weight is 428 g/mol. The Bertz CT molecular complexity index is 1090. The summed E-state index contributed by atoms with van der Waals surface area (Å²) in [4.78, 5) is 25.7. The Hall–Kier alpha value is -4.06. The van der Waals surface area contributed by atoms with Crippen molar-refractivity contribution in [1.82, 2.24) is 0 Å².